The van der Waals surface area contributed by atoms with Gasteiger partial charge in [-0.3, -0.25) is 5.43 Å². The second-order valence-corrected chi connectivity index (χ2v) is 6.14. The zero-order chi connectivity index (χ0) is 9.78. The van der Waals surface area contributed by atoms with Gasteiger partial charge in [-0.15, -0.1) is 0 Å². The lowest BCUT2D eigenvalue weighted by Gasteiger charge is -2.25. The van der Waals surface area contributed by atoms with Gasteiger partial charge < -0.3 is 9.79 Å². The quantitative estimate of drug-likeness (QED) is 0.354. The Bertz CT molecular complexity index is 170. The lowest BCUT2D eigenvalue weighted by Crippen LogP contribution is -2.40. The van der Waals surface area contributed by atoms with Crippen LogP contribution in [0.25, 0.3) is 0 Å². The van der Waals surface area contributed by atoms with Gasteiger partial charge in [-0.2, -0.15) is 0 Å². The maximum atomic E-state index is 10.6. The first-order chi connectivity index (χ1) is 5.40. The number of nitrogens with zero attached hydrogens (tertiary/aromatic N) is 1. The van der Waals surface area contributed by atoms with Crippen molar-refractivity contribution in [3.05, 3.63) is 0 Å². The maximum absolute atomic E-state index is 10.6. The van der Waals surface area contributed by atoms with Gasteiger partial charge in [-0.25, -0.2) is 9.57 Å². The van der Waals surface area contributed by atoms with Crippen molar-refractivity contribution in [2.24, 2.45) is 0 Å². The molecule has 0 aliphatic rings. The predicted molar refractivity (Wildman–Crippen MR) is 50.5 cm³/mol. The summed E-state index contributed by atoms with van der Waals surface area (Å²) in [6, 6.07) is 0. The number of hydrazine groups is 1. The normalized spacial score (nSPS) is 15.2. The van der Waals surface area contributed by atoms with Crippen molar-refractivity contribution in [2.75, 3.05) is 13.6 Å². The molecule has 0 spiro atoms. The topological polar surface area (TPSA) is 72.8 Å². The van der Waals surface area contributed by atoms with Crippen LogP contribution in [0.4, 0.5) is 0 Å². The number of rotatable bonds is 5. The van der Waals surface area contributed by atoms with Crippen LogP contribution in [0.2, 0.25) is 0 Å². The average molecular weight is 214 g/mol. The zero-order valence-corrected chi connectivity index (χ0v) is 9.10. The monoisotopic (exact) mass is 214 g/mol. The molecule has 0 aromatic heterocycles. The van der Waals surface area contributed by atoms with Crippen LogP contribution in [0.3, 0.4) is 0 Å². The molecule has 0 fully saturated rings. The molecule has 7 heteroatoms. The Morgan fingerprint density at radius 2 is 2.17 bits per heavy atom. The largest absolute Gasteiger partial charge is 0.385 e. The molecule has 1 unspecified atom stereocenters. The highest BCUT2D eigenvalue weighted by Crippen LogP contribution is 2.52. The number of hydrogen-bond acceptors (Lipinski definition) is 4. The molecule has 0 amide bonds. The van der Waals surface area contributed by atoms with Crippen molar-refractivity contribution in [3.8, 4) is 0 Å². The van der Waals surface area contributed by atoms with E-state index in [1.165, 1.54) is 0 Å². The predicted octanol–water partition coefficient (Wildman–Crippen LogP) is 0.615. The highest BCUT2D eigenvalue weighted by molar-refractivity contribution is 8.54. The molecule has 0 aliphatic heterocycles. The Balaban J connectivity index is 4.01. The van der Waals surface area contributed by atoms with Gasteiger partial charge in [-0.1, -0.05) is 6.92 Å². The van der Waals surface area contributed by atoms with Crippen molar-refractivity contribution in [3.63, 3.8) is 0 Å². The SMILES string of the molecule is CCN(NC)C(C)SP(=O)(O)O. The molecule has 12 heavy (non-hydrogen) atoms. The van der Waals surface area contributed by atoms with Crippen molar-refractivity contribution in [1.29, 1.82) is 0 Å². The smallest absolute Gasteiger partial charge is 0.317 e. The standard InChI is InChI=1S/C5H15N2O3PS/c1-4-7(6-3)5(2)12-11(8,9)10/h5-6H,4H2,1-3H3,(H2,8,9,10). The molecule has 0 aromatic rings. The summed E-state index contributed by atoms with van der Waals surface area (Å²) >= 11 is 0.644. The molecule has 0 aliphatic carbocycles. The molecule has 1 atom stereocenters. The van der Waals surface area contributed by atoms with E-state index >= 15 is 0 Å². The minimum Gasteiger partial charge on any atom is -0.317 e. The summed E-state index contributed by atoms with van der Waals surface area (Å²) in [7, 11) is 1.72. The molecular formula is C5H15N2O3PS. The van der Waals surface area contributed by atoms with E-state index in [1.54, 1.807) is 19.0 Å². The van der Waals surface area contributed by atoms with Gasteiger partial charge in [-0.05, 0) is 25.4 Å². The lowest BCUT2D eigenvalue weighted by molar-refractivity contribution is 0.212. The third kappa shape index (κ3) is 5.13. The molecule has 0 radical (unpaired) electrons. The Morgan fingerprint density at radius 3 is 2.42 bits per heavy atom. The second-order valence-electron chi connectivity index (χ2n) is 2.20. The molecule has 74 valence electrons. The van der Waals surface area contributed by atoms with E-state index < -0.39 is 6.80 Å². The van der Waals surface area contributed by atoms with Crippen LogP contribution >= 0.6 is 18.2 Å². The van der Waals surface area contributed by atoms with Gasteiger partial charge in [0.1, 0.15) is 0 Å². The van der Waals surface area contributed by atoms with Crippen LogP contribution in [0.5, 0.6) is 0 Å². The highest BCUT2D eigenvalue weighted by atomic mass is 32.7. The van der Waals surface area contributed by atoms with E-state index in [4.69, 9.17) is 9.79 Å². The van der Waals surface area contributed by atoms with Gasteiger partial charge in [0.2, 0.25) is 0 Å². The summed E-state index contributed by atoms with van der Waals surface area (Å²) in [6.45, 7) is 0.382. The molecule has 3 N–H and O–H groups in total. The van der Waals surface area contributed by atoms with Crippen LogP contribution in [0, 0.1) is 0 Å². The fraction of sp³-hybridized carbons (Fsp3) is 1.00. The summed E-state index contributed by atoms with van der Waals surface area (Å²) in [5, 5.41) is 1.50. The lowest BCUT2D eigenvalue weighted by atomic mass is 10.6. The van der Waals surface area contributed by atoms with Gasteiger partial charge in [0.05, 0.1) is 5.37 Å². The fourth-order valence-corrected chi connectivity index (χ4v) is 3.15. The summed E-state index contributed by atoms with van der Waals surface area (Å²) in [6.07, 6.45) is 0. The zero-order valence-electron chi connectivity index (χ0n) is 7.39. The molecule has 0 saturated carbocycles. The summed E-state index contributed by atoms with van der Waals surface area (Å²) < 4.78 is 10.6. The average Bonchev–Trinajstić information content (AvgIpc) is 1.85. The van der Waals surface area contributed by atoms with Crippen molar-refractivity contribution in [1.82, 2.24) is 10.4 Å². The third-order valence-corrected chi connectivity index (χ3v) is 3.93. The van der Waals surface area contributed by atoms with E-state index in [0.717, 1.165) is 0 Å². The minimum atomic E-state index is -3.97. The van der Waals surface area contributed by atoms with Crippen LogP contribution in [0.1, 0.15) is 13.8 Å². The van der Waals surface area contributed by atoms with Crippen molar-refractivity contribution < 1.29 is 14.4 Å². The molecule has 0 aromatic carbocycles. The van der Waals surface area contributed by atoms with Crippen LogP contribution in [-0.4, -0.2) is 33.8 Å². The second kappa shape index (κ2) is 5.21. The Kier molecular flexibility index (Phi) is 5.40. The van der Waals surface area contributed by atoms with E-state index in [1.807, 2.05) is 6.92 Å². The number of nitrogens with one attached hydrogen (secondary N) is 1. The first-order valence-electron chi connectivity index (χ1n) is 3.58. The summed E-state index contributed by atoms with van der Waals surface area (Å²) in [5.74, 6) is 0. The Labute approximate surface area is 76.4 Å². The van der Waals surface area contributed by atoms with Crippen LogP contribution < -0.4 is 5.43 Å². The molecule has 5 nitrogen and oxygen atoms in total. The molecule has 0 saturated heterocycles. The Hall–Kier alpha value is 0.420. The molecule has 0 rings (SSSR count). The van der Waals surface area contributed by atoms with Gasteiger partial charge in [0.15, 0.2) is 0 Å². The van der Waals surface area contributed by atoms with Crippen molar-refractivity contribution >= 4 is 18.2 Å². The van der Waals surface area contributed by atoms with Gasteiger partial charge in [0.25, 0.3) is 0 Å². The van der Waals surface area contributed by atoms with E-state index in [0.29, 0.717) is 17.9 Å². The molecule has 0 bridgehead atoms. The Morgan fingerprint density at radius 1 is 1.67 bits per heavy atom. The number of hydrogen-bond donors (Lipinski definition) is 3. The van der Waals surface area contributed by atoms with E-state index in [2.05, 4.69) is 5.43 Å². The first-order valence-corrected chi connectivity index (χ1v) is 6.68. The first kappa shape index (κ1) is 12.4. The van der Waals surface area contributed by atoms with E-state index in [-0.39, 0.29) is 5.37 Å². The van der Waals surface area contributed by atoms with Crippen molar-refractivity contribution in [2.45, 2.75) is 19.2 Å². The molecular weight excluding hydrogens is 199 g/mol. The van der Waals surface area contributed by atoms with Crippen LogP contribution in [-0.2, 0) is 4.57 Å². The molecule has 0 heterocycles. The van der Waals surface area contributed by atoms with Crippen LogP contribution in [0.15, 0.2) is 0 Å². The highest BCUT2D eigenvalue weighted by Gasteiger charge is 2.22. The van der Waals surface area contributed by atoms with Gasteiger partial charge >= 0.3 is 6.80 Å². The third-order valence-electron chi connectivity index (χ3n) is 1.36. The summed E-state index contributed by atoms with van der Waals surface area (Å²) in [5.41, 5.74) is 2.84. The summed E-state index contributed by atoms with van der Waals surface area (Å²) in [4.78, 5) is 17.3. The van der Waals surface area contributed by atoms with E-state index in [9.17, 15) is 4.57 Å². The van der Waals surface area contributed by atoms with Gasteiger partial charge in [0, 0.05) is 6.54 Å². The fourth-order valence-electron chi connectivity index (χ4n) is 0.853. The maximum Gasteiger partial charge on any atom is 0.385 e. The minimum absolute atomic E-state index is 0.235.